The number of carbonyl (C=O) groups is 1. The van der Waals surface area contributed by atoms with Gasteiger partial charge in [-0.3, -0.25) is 9.78 Å². The molecular weight excluding hydrogens is 413 g/mol. The van der Waals surface area contributed by atoms with E-state index in [4.69, 9.17) is 32.7 Å². The summed E-state index contributed by atoms with van der Waals surface area (Å²) in [6, 6.07) is 12.2. The molecule has 2 aromatic heterocycles. The van der Waals surface area contributed by atoms with Crippen LogP contribution in [0.2, 0.25) is 10.0 Å². The molecular formula is C21H19Cl2N3O3. The first-order valence-corrected chi connectivity index (χ1v) is 9.72. The fourth-order valence-corrected chi connectivity index (χ4v) is 2.91. The number of nitrogens with one attached hydrogen (secondary N) is 1. The zero-order valence-electron chi connectivity index (χ0n) is 15.5. The number of pyridine rings is 2. The van der Waals surface area contributed by atoms with Crippen LogP contribution in [0.15, 0.2) is 61.1 Å². The van der Waals surface area contributed by atoms with Gasteiger partial charge < -0.3 is 14.8 Å². The van der Waals surface area contributed by atoms with Gasteiger partial charge in [0.25, 0.3) is 0 Å². The molecule has 8 heteroatoms. The van der Waals surface area contributed by atoms with E-state index in [1.54, 1.807) is 48.9 Å². The smallest absolute Gasteiger partial charge is 0.225 e. The van der Waals surface area contributed by atoms with Crippen molar-refractivity contribution in [2.45, 2.75) is 19.4 Å². The SMILES string of the molecule is O=C(CCCOc1ccc(Cl)cc1Cl)Nc1ncccc1OCc1ccncc1. The van der Waals surface area contributed by atoms with Crippen LogP contribution < -0.4 is 14.8 Å². The lowest BCUT2D eigenvalue weighted by Gasteiger charge is -2.12. The highest BCUT2D eigenvalue weighted by molar-refractivity contribution is 6.35. The van der Waals surface area contributed by atoms with Crippen molar-refractivity contribution in [2.24, 2.45) is 0 Å². The van der Waals surface area contributed by atoms with Crippen LogP contribution in [0.3, 0.4) is 0 Å². The molecule has 0 bridgehead atoms. The molecule has 0 spiro atoms. The summed E-state index contributed by atoms with van der Waals surface area (Å²) >= 11 is 11.9. The van der Waals surface area contributed by atoms with Gasteiger partial charge in [-0.05, 0) is 54.4 Å². The Balaban J connectivity index is 1.46. The highest BCUT2D eigenvalue weighted by Crippen LogP contribution is 2.27. The van der Waals surface area contributed by atoms with Gasteiger partial charge in [0.15, 0.2) is 11.6 Å². The topological polar surface area (TPSA) is 73.3 Å². The molecule has 0 saturated heterocycles. The summed E-state index contributed by atoms with van der Waals surface area (Å²) in [6.07, 6.45) is 5.78. The Morgan fingerprint density at radius 3 is 2.62 bits per heavy atom. The first-order chi connectivity index (χ1) is 14.1. The fourth-order valence-electron chi connectivity index (χ4n) is 2.44. The van der Waals surface area contributed by atoms with Crippen LogP contribution in [0.25, 0.3) is 0 Å². The number of nitrogens with zero attached hydrogens (tertiary/aromatic N) is 2. The molecule has 0 aliphatic heterocycles. The van der Waals surface area contributed by atoms with E-state index in [0.717, 1.165) is 5.56 Å². The largest absolute Gasteiger partial charge is 0.492 e. The molecule has 29 heavy (non-hydrogen) atoms. The van der Waals surface area contributed by atoms with Crippen molar-refractivity contribution in [2.75, 3.05) is 11.9 Å². The van der Waals surface area contributed by atoms with Crippen molar-refractivity contribution in [3.8, 4) is 11.5 Å². The Labute approximate surface area is 178 Å². The van der Waals surface area contributed by atoms with E-state index in [9.17, 15) is 4.79 Å². The molecule has 0 aliphatic rings. The number of hydrogen-bond acceptors (Lipinski definition) is 5. The van der Waals surface area contributed by atoms with E-state index in [0.29, 0.717) is 47.0 Å². The molecule has 3 rings (SSSR count). The fraction of sp³-hybridized carbons (Fsp3) is 0.190. The Morgan fingerprint density at radius 2 is 1.83 bits per heavy atom. The molecule has 0 radical (unpaired) electrons. The normalized spacial score (nSPS) is 10.4. The molecule has 150 valence electrons. The van der Waals surface area contributed by atoms with Gasteiger partial charge in [0, 0.05) is 30.0 Å². The van der Waals surface area contributed by atoms with Gasteiger partial charge in [0.05, 0.1) is 11.6 Å². The van der Waals surface area contributed by atoms with Gasteiger partial charge in [0.1, 0.15) is 12.4 Å². The minimum Gasteiger partial charge on any atom is -0.492 e. The van der Waals surface area contributed by atoms with Gasteiger partial charge >= 0.3 is 0 Å². The summed E-state index contributed by atoms with van der Waals surface area (Å²) in [5.41, 5.74) is 0.971. The number of hydrogen-bond donors (Lipinski definition) is 1. The van der Waals surface area contributed by atoms with Crippen molar-refractivity contribution in [1.82, 2.24) is 9.97 Å². The third-order valence-corrected chi connectivity index (χ3v) is 4.40. The second-order valence-corrected chi connectivity index (χ2v) is 6.91. The maximum atomic E-state index is 12.2. The summed E-state index contributed by atoms with van der Waals surface area (Å²) in [6.45, 7) is 0.704. The van der Waals surface area contributed by atoms with Crippen molar-refractivity contribution >= 4 is 34.9 Å². The highest BCUT2D eigenvalue weighted by Gasteiger charge is 2.10. The van der Waals surface area contributed by atoms with Crippen LogP contribution in [0.5, 0.6) is 11.5 Å². The molecule has 1 N–H and O–H groups in total. The summed E-state index contributed by atoms with van der Waals surface area (Å²) in [5.74, 6) is 1.24. The lowest BCUT2D eigenvalue weighted by molar-refractivity contribution is -0.116. The van der Waals surface area contributed by atoms with E-state index in [1.165, 1.54) is 0 Å². The lowest BCUT2D eigenvalue weighted by atomic mass is 10.3. The monoisotopic (exact) mass is 431 g/mol. The molecule has 0 atom stereocenters. The van der Waals surface area contributed by atoms with Crippen molar-refractivity contribution in [3.05, 3.63) is 76.7 Å². The van der Waals surface area contributed by atoms with Crippen LogP contribution in [0.1, 0.15) is 18.4 Å². The summed E-state index contributed by atoms with van der Waals surface area (Å²) in [5, 5.41) is 3.76. The van der Waals surface area contributed by atoms with Gasteiger partial charge in [-0.15, -0.1) is 0 Å². The molecule has 2 heterocycles. The van der Waals surface area contributed by atoms with Gasteiger partial charge in [-0.25, -0.2) is 4.98 Å². The van der Waals surface area contributed by atoms with Crippen LogP contribution in [-0.4, -0.2) is 22.5 Å². The second-order valence-electron chi connectivity index (χ2n) is 6.07. The average Bonchev–Trinajstić information content (AvgIpc) is 2.72. The summed E-state index contributed by atoms with van der Waals surface area (Å²) in [4.78, 5) is 20.4. The van der Waals surface area contributed by atoms with E-state index < -0.39 is 0 Å². The van der Waals surface area contributed by atoms with E-state index in [1.807, 2.05) is 12.1 Å². The third kappa shape index (κ3) is 6.62. The van der Waals surface area contributed by atoms with Gasteiger partial charge in [0.2, 0.25) is 5.91 Å². The van der Waals surface area contributed by atoms with E-state index >= 15 is 0 Å². The quantitative estimate of drug-likeness (QED) is 0.473. The molecule has 6 nitrogen and oxygen atoms in total. The first-order valence-electron chi connectivity index (χ1n) is 8.96. The zero-order chi connectivity index (χ0) is 20.5. The molecule has 1 aromatic carbocycles. The Kier molecular flexibility index (Phi) is 7.67. The number of rotatable bonds is 9. The summed E-state index contributed by atoms with van der Waals surface area (Å²) in [7, 11) is 0. The highest BCUT2D eigenvalue weighted by atomic mass is 35.5. The van der Waals surface area contributed by atoms with Crippen molar-refractivity contribution in [1.29, 1.82) is 0 Å². The number of anilines is 1. The molecule has 0 fully saturated rings. The lowest BCUT2D eigenvalue weighted by Crippen LogP contribution is -2.14. The average molecular weight is 432 g/mol. The third-order valence-electron chi connectivity index (χ3n) is 3.87. The Bertz CT molecular complexity index is 955. The zero-order valence-corrected chi connectivity index (χ0v) is 17.0. The minimum absolute atomic E-state index is 0.178. The number of carbonyl (C=O) groups excluding carboxylic acids is 1. The predicted molar refractivity (Wildman–Crippen MR) is 113 cm³/mol. The van der Waals surface area contributed by atoms with Crippen LogP contribution in [-0.2, 0) is 11.4 Å². The molecule has 1 amide bonds. The second kappa shape index (κ2) is 10.6. The number of benzene rings is 1. The maximum Gasteiger partial charge on any atom is 0.225 e. The maximum absolute atomic E-state index is 12.2. The Hall–Kier alpha value is -2.83. The number of halogens is 2. The van der Waals surface area contributed by atoms with Crippen LogP contribution in [0, 0.1) is 0 Å². The Morgan fingerprint density at radius 1 is 1.00 bits per heavy atom. The van der Waals surface area contributed by atoms with Crippen LogP contribution >= 0.6 is 23.2 Å². The van der Waals surface area contributed by atoms with Gasteiger partial charge in [-0.1, -0.05) is 23.2 Å². The molecule has 0 unspecified atom stereocenters. The number of amides is 1. The van der Waals surface area contributed by atoms with Crippen molar-refractivity contribution in [3.63, 3.8) is 0 Å². The van der Waals surface area contributed by atoms with E-state index in [-0.39, 0.29) is 12.3 Å². The van der Waals surface area contributed by atoms with Gasteiger partial charge in [-0.2, -0.15) is 0 Å². The molecule has 3 aromatic rings. The number of aromatic nitrogens is 2. The summed E-state index contributed by atoms with van der Waals surface area (Å²) < 4.78 is 11.4. The predicted octanol–water partition coefficient (Wildman–Crippen LogP) is 5.16. The molecule has 0 saturated carbocycles. The number of ether oxygens (including phenoxy) is 2. The van der Waals surface area contributed by atoms with Crippen LogP contribution in [0.4, 0.5) is 5.82 Å². The minimum atomic E-state index is -0.178. The van der Waals surface area contributed by atoms with E-state index in [2.05, 4.69) is 15.3 Å². The van der Waals surface area contributed by atoms with Crippen molar-refractivity contribution < 1.29 is 14.3 Å². The molecule has 0 aliphatic carbocycles. The standard InChI is InChI=1S/C21H19Cl2N3O3/c22-16-5-6-18(17(23)13-16)28-12-2-4-20(27)26-21-19(3-1-9-25-21)29-14-15-7-10-24-11-8-15/h1,3,5-11,13H,2,4,12,14H2,(H,25,26,27). The first kappa shape index (κ1) is 20.9.